The van der Waals surface area contributed by atoms with Gasteiger partial charge in [0.15, 0.2) is 0 Å². The summed E-state index contributed by atoms with van der Waals surface area (Å²) in [5.74, 6) is 0.400. The number of hydrogen-bond acceptors (Lipinski definition) is 4. The number of amidine groups is 1. The van der Waals surface area contributed by atoms with Crippen LogP contribution < -0.4 is 10.8 Å². The third kappa shape index (κ3) is 6.77. The van der Waals surface area contributed by atoms with E-state index in [0.29, 0.717) is 24.5 Å². The zero-order chi connectivity index (χ0) is 21.6. The number of hydrogen-bond donors (Lipinski definition) is 1. The number of alkyl carbamates (subject to hydrolysis) is 1. The van der Waals surface area contributed by atoms with Crippen LogP contribution in [0.5, 0.6) is 0 Å². The van der Waals surface area contributed by atoms with Crippen molar-refractivity contribution >= 4 is 42.9 Å². The average Bonchev–Trinajstić information content (AvgIpc) is 2.77. The Kier molecular flexibility index (Phi) is 7.65. The molecule has 0 saturated heterocycles. The lowest BCUT2D eigenvalue weighted by Gasteiger charge is -2.23. The maximum atomic E-state index is 13.2. The van der Waals surface area contributed by atoms with E-state index >= 15 is 0 Å². The summed E-state index contributed by atoms with van der Waals surface area (Å²) in [5.41, 5.74) is 2.66. The Morgan fingerprint density at radius 3 is 2.45 bits per heavy atom. The molecule has 1 aliphatic rings. The fourth-order valence-electron chi connectivity index (χ4n) is 3.17. The van der Waals surface area contributed by atoms with E-state index in [1.54, 1.807) is 0 Å². The molecular formula is C22H32BN3O3. The maximum absolute atomic E-state index is 13.2. The lowest BCUT2D eigenvalue weighted by molar-refractivity contribution is -0.127. The molecule has 2 amide bonds. The second kappa shape index (κ2) is 9.77. The molecule has 0 radical (unpaired) electrons. The summed E-state index contributed by atoms with van der Waals surface area (Å²) >= 11 is 0. The topological polar surface area (TPSA) is 71.0 Å². The van der Waals surface area contributed by atoms with E-state index in [-0.39, 0.29) is 12.3 Å². The summed E-state index contributed by atoms with van der Waals surface area (Å²) in [7, 11) is 1.99. The lowest BCUT2D eigenvalue weighted by Crippen LogP contribution is -2.38. The lowest BCUT2D eigenvalue weighted by atomic mass is 9.93. The Balaban J connectivity index is 2.38. The summed E-state index contributed by atoms with van der Waals surface area (Å²) < 4.78 is 5.37. The molecule has 29 heavy (non-hydrogen) atoms. The highest BCUT2D eigenvalue weighted by molar-refractivity contribution is 6.32. The number of nitrogens with zero attached hydrogens (tertiary/aromatic N) is 2. The molecule has 1 aliphatic heterocycles. The maximum Gasteiger partial charge on any atom is 0.413 e. The first-order chi connectivity index (χ1) is 13.6. The molecule has 0 aliphatic carbocycles. The second-order valence-corrected chi connectivity index (χ2v) is 8.39. The molecule has 1 heterocycles. The number of carbonyl (C=O) groups is 2. The van der Waals surface area contributed by atoms with Crippen molar-refractivity contribution in [1.29, 1.82) is 0 Å². The number of aliphatic imine (C=N–C) groups is 1. The van der Waals surface area contributed by atoms with Gasteiger partial charge in [-0.25, -0.2) is 9.79 Å². The Morgan fingerprint density at radius 2 is 1.86 bits per heavy atom. The standard InChI is InChI=1S/C22H32BN3O3/c1-6-10-26(11-7-2)20(27)16-12-15-8-9-17(23)14-18(15)24-19(13-16)25-21(28)29-22(3,4)5/h8-9,12,14H,6-7,10-11,13,23H2,1-5H3,(H,24,25,28). The van der Waals surface area contributed by atoms with Crippen LogP contribution in [0, 0.1) is 0 Å². The minimum Gasteiger partial charge on any atom is -0.444 e. The molecule has 6 nitrogen and oxygen atoms in total. The number of fused-ring (bicyclic) bond motifs is 1. The zero-order valence-corrected chi connectivity index (χ0v) is 18.5. The van der Waals surface area contributed by atoms with Crippen LogP contribution in [-0.4, -0.2) is 49.3 Å². The first-order valence-corrected chi connectivity index (χ1v) is 10.3. The van der Waals surface area contributed by atoms with Gasteiger partial charge in [0.25, 0.3) is 0 Å². The monoisotopic (exact) mass is 397 g/mol. The van der Waals surface area contributed by atoms with Crippen molar-refractivity contribution in [3.63, 3.8) is 0 Å². The van der Waals surface area contributed by atoms with Crippen LogP contribution in [-0.2, 0) is 9.53 Å². The van der Waals surface area contributed by atoms with Gasteiger partial charge in [0.05, 0.1) is 5.69 Å². The smallest absolute Gasteiger partial charge is 0.413 e. The first-order valence-electron chi connectivity index (χ1n) is 10.3. The molecule has 7 heteroatoms. The summed E-state index contributed by atoms with van der Waals surface area (Å²) in [6, 6.07) is 5.91. The number of rotatable bonds is 5. The molecule has 0 saturated carbocycles. The van der Waals surface area contributed by atoms with E-state index in [0.717, 1.165) is 29.6 Å². The molecule has 0 spiro atoms. The quantitative estimate of drug-likeness (QED) is 0.777. The van der Waals surface area contributed by atoms with Gasteiger partial charge in [0, 0.05) is 30.6 Å². The highest BCUT2D eigenvalue weighted by atomic mass is 16.6. The molecule has 0 aromatic heterocycles. The van der Waals surface area contributed by atoms with Crippen LogP contribution >= 0.6 is 0 Å². The summed E-state index contributed by atoms with van der Waals surface area (Å²) in [4.78, 5) is 32.0. The molecule has 0 fully saturated rings. The number of nitrogens with one attached hydrogen (secondary N) is 1. The molecule has 0 atom stereocenters. The minimum absolute atomic E-state index is 0.0131. The molecule has 0 bridgehead atoms. The van der Waals surface area contributed by atoms with Crippen LogP contribution in [0.15, 0.2) is 28.8 Å². The van der Waals surface area contributed by atoms with Crippen molar-refractivity contribution in [3.05, 3.63) is 29.3 Å². The molecular weight excluding hydrogens is 365 g/mol. The van der Waals surface area contributed by atoms with Gasteiger partial charge in [-0.15, -0.1) is 0 Å². The third-order valence-electron chi connectivity index (χ3n) is 4.32. The average molecular weight is 397 g/mol. The largest absolute Gasteiger partial charge is 0.444 e. The highest BCUT2D eigenvalue weighted by Crippen LogP contribution is 2.27. The van der Waals surface area contributed by atoms with E-state index in [9.17, 15) is 9.59 Å². The van der Waals surface area contributed by atoms with Gasteiger partial charge in [-0.2, -0.15) is 0 Å². The SMILES string of the molecule is Bc1ccc2c(c1)N=C(NC(=O)OC(C)(C)C)CC(C(=O)N(CCC)CCC)=C2. The van der Waals surface area contributed by atoms with Gasteiger partial charge in [0.1, 0.15) is 19.3 Å². The van der Waals surface area contributed by atoms with E-state index < -0.39 is 11.7 Å². The molecule has 0 unspecified atom stereocenters. The molecule has 1 N–H and O–H groups in total. The predicted octanol–water partition coefficient (Wildman–Crippen LogP) is 2.94. The normalized spacial score (nSPS) is 13.6. The number of carbonyl (C=O) groups excluding carboxylic acids is 2. The summed E-state index contributed by atoms with van der Waals surface area (Å²) in [6.07, 6.45) is 3.36. The number of benzene rings is 1. The van der Waals surface area contributed by atoms with Gasteiger partial charge < -0.3 is 9.64 Å². The second-order valence-electron chi connectivity index (χ2n) is 8.39. The molecule has 156 valence electrons. The van der Waals surface area contributed by atoms with Crippen molar-refractivity contribution in [2.45, 2.75) is 59.5 Å². The minimum atomic E-state index is -0.614. The summed E-state index contributed by atoms with van der Waals surface area (Å²) in [5, 5.41) is 2.74. The molecule has 1 aromatic carbocycles. The van der Waals surface area contributed by atoms with E-state index in [4.69, 9.17) is 4.74 Å². The van der Waals surface area contributed by atoms with Crippen molar-refractivity contribution in [2.24, 2.45) is 4.99 Å². The van der Waals surface area contributed by atoms with Crippen LogP contribution in [0.1, 0.15) is 59.4 Å². The van der Waals surface area contributed by atoms with E-state index in [1.807, 2.05) is 57.8 Å². The number of ether oxygens (including phenoxy) is 1. The van der Waals surface area contributed by atoms with Crippen molar-refractivity contribution in [2.75, 3.05) is 13.1 Å². The van der Waals surface area contributed by atoms with Crippen molar-refractivity contribution in [3.8, 4) is 0 Å². The van der Waals surface area contributed by atoms with Gasteiger partial charge in [-0.05, 0) is 45.8 Å². The van der Waals surface area contributed by atoms with Crippen molar-refractivity contribution in [1.82, 2.24) is 10.2 Å². The first kappa shape index (κ1) is 22.7. The van der Waals surface area contributed by atoms with Gasteiger partial charge in [-0.1, -0.05) is 31.4 Å². The zero-order valence-electron chi connectivity index (χ0n) is 18.5. The van der Waals surface area contributed by atoms with Crippen molar-refractivity contribution < 1.29 is 14.3 Å². The summed E-state index contributed by atoms with van der Waals surface area (Å²) in [6.45, 7) is 11.0. The van der Waals surface area contributed by atoms with Crippen LogP contribution in [0.3, 0.4) is 0 Å². The van der Waals surface area contributed by atoms with Crippen LogP contribution in [0.4, 0.5) is 10.5 Å². The Morgan fingerprint density at radius 1 is 1.21 bits per heavy atom. The Hall–Kier alpha value is -2.57. The van der Waals surface area contributed by atoms with E-state index in [2.05, 4.69) is 24.2 Å². The molecule has 1 aromatic rings. The fourth-order valence-corrected chi connectivity index (χ4v) is 3.17. The fraction of sp³-hybridized carbons (Fsp3) is 0.500. The molecule has 2 rings (SSSR count). The van der Waals surface area contributed by atoms with Crippen LogP contribution in [0.2, 0.25) is 0 Å². The number of amides is 2. The van der Waals surface area contributed by atoms with Gasteiger partial charge in [-0.3, -0.25) is 10.1 Å². The predicted molar refractivity (Wildman–Crippen MR) is 121 cm³/mol. The Labute approximate surface area is 174 Å². The highest BCUT2D eigenvalue weighted by Gasteiger charge is 2.24. The van der Waals surface area contributed by atoms with Gasteiger partial charge >= 0.3 is 6.09 Å². The third-order valence-corrected chi connectivity index (χ3v) is 4.32. The van der Waals surface area contributed by atoms with E-state index in [1.165, 1.54) is 0 Å². The van der Waals surface area contributed by atoms with Gasteiger partial charge in [0.2, 0.25) is 5.91 Å². The van der Waals surface area contributed by atoms with Crippen LogP contribution in [0.25, 0.3) is 6.08 Å². The Bertz CT molecular complexity index is 819.